The Morgan fingerprint density at radius 2 is 1.93 bits per heavy atom. The zero-order valence-electron chi connectivity index (χ0n) is 14.0. The molecule has 142 valence electrons. The molecule has 0 saturated heterocycles. The van der Waals surface area contributed by atoms with Gasteiger partial charge < -0.3 is 14.8 Å². The molecule has 1 atom stereocenters. The predicted molar refractivity (Wildman–Crippen MR) is 102 cm³/mol. The minimum atomic E-state index is -1.08. The summed E-state index contributed by atoms with van der Waals surface area (Å²) in [6, 6.07) is 10.1. The maximum Gasteiger partial charge on any atom is 0.344 e. The van der Waals surface area contributed by atoms with Crippen molar-refractivity contribution in [3.05, 3.63) is 62.1 Å². The van der Waals surface area contributed by atoms with Crippen LogP contribution in [0.25, 0.3) is 0 Å². The molecule has 0 spiro atoms. The summed E-state index contributed by atoms with van der Waals surface area (Å²) in [4.78, 5) is 33.9. The highest BCUT2D eigenvalue weighted by Gasteiger charge is 2.19. The minimum Gasteiger partial charge on any atom is -0.481 e. The van der Waals surface area contributed by atoms with Crippen molar-refractivity contribution >= 4 is 50.8 Å². The predicted octanol–water partition coefficient (Wildman–Crippen LogP) is 3.96. The molecule has 0 radical (unpaired) electrons. The molecule has 2 rings (SSSR count). The van der Waals surface area contributed by atoms with Gasteiger partial charge in [0.25, 0.3) is 11.6 Å². The summed E-state index contributed by atoms with van der Waals surface area (Å²) in [6.45, 7) is 1.01. The van der Waals surface area contributed by atoms with E-state index in [0.29, 0.717) is 20.9 Å². The number of anilines is 1. The highest BCUT2D eigenvalue weighted by Crippen LogP contribution is 2.27. The van der Waals surface area contributed by atoms with Crippen LogP contribution in [-0.4, -0.2) is 29.5 Å². The molecule has 1 N–H and O–H groups in total. The highest BCUT2D eigenvalue weighted by molar-refractivity contribution is 9.10. The van der Waals surface area contributed by atoms with Crippen molar-refractivity contribution < 1.29 is 24.0 Å². The van der Waals surface area contributed by atoms with Crippen LogP contribution in [0, 0.1) is 10.1 Å². The number of ether oxygens (including phenoxy) is 2. The Morgan fingerprint density at radius 3 is 2.52 bits per heavy atom. The van der Waals surface area contributed by atoms with Gasteiger partial charge in [-0.2, -0.15) is 0 Å². The molecule has 1 amide bonds. The molecule has 2 aromatic rings. The number of esters is 1. The number of hydrogen-bond donors (Lipinski definition) is 1. The number of amides is 1. The second-order valence-corrected chi connectivity index (χ2v) is 6.58. The Labute approximate surface area is 167 Å². The lowest BCUT2D eigenvalue weighted by atomic mass is 10.2. The van der Waals surface area contributed by atoms with Gasteiger partial charge in [-0.3, -0.25) is 14.9 Å². The number of carbonyl (C=O) groups excluding carboxylic acids is 2. The number of benzene rings is 2. The normalized spacial score (nSPS) is 11.4. The molecule has 0 aliphatic heterocycles. The number of halogens is 2. The number of non-ortho nitro benzene ring substituents is 1. The smallest absolute Gasteiger partial charge is 0.344 e. The third-order valence-electron chi connectivity index (χ3n) is 3.26. The SMILES string of the molecule is CC(OC(=O)COc1ccc(Cl)cc1Br)C(=O)Nc1ccc([N+](=O)[O-])cc1. The number of rotatable bonds is 7. The molecule has 0 aliphatic rings. The van der Waals surface area contributed by atoms with E-state index in [2.05, 4.69) is 21.2 Å². The van der Waals surface area contributed by atoms with Gasteiger partial charge in [0.15, 0.2) is 12.7 Å². The van der Waals surface area contributed by atoms with Crippen molar-refractivity contribution in [2.24, 2.45) is 0 Å². The molecule has 0 saturated carbocycles. The van der Waals surface area contributed by atoms with E-state index in [1.165, 1.54) is 31.2 Å². The highest BCUT2D eigenvalue weighted by atomic mass is 79.9. The Balaban J connectivity index is 1.84. The number of hydrogen-bond acceptors (Lipinski definition) is 6. The fourth-order valence-electron chi connectivity index (χ4n) is 1.92. The molecule has 0 bridgehead atoms. The Kier molecular flexibility index (Phi) is 7.14. The first-order chi connectivity index (χ1) is 12.8. The lowest BCUT2D eigenvalue weighted by molar-refractivity contribution is -0.384. The van der Waals surface area contributed by atoms with E-state index >= 15 is 0 Å². The van der Waals surface area contributed by atoms with Gasteiger partial charge in [-0.1, -0.05) is 11.6 Å². The first-order valence-corrected chi connectivity index (χ1v) is 8.76. The van der Waals surface area contributed by atoms with E-state index in [9.17, 15) is 19.7 Å². The van der Waals surface area contributed by atoms with E-state index < -0.39 is 29.5 Å². The zero-order valence-corrected chi connectivity index (χ0v) is 16.3. The molecule has 0 fully saturated rings. The standard InChI is InChI=1S/C17H14BrClN2O6/c1-10(17(23)20-12-3-5-13(6-4-12)21(24)25)27-16(22)9-26-15-7-2-11(19)8-14(15)18/h2-8,10H,9H2,1H3,(H,20,23). The summed E-state index contributed by atoms with van der Waals surface area (Å²) in [5.41, 5.74) is 0.243. The number of nitro benzene ring substituents is 1. The van der Waals surface area contributed by atoms with Crippen LogP contribution in [0.15, 0.2) is 46.9 Å². The van der Waals surface area contributed by atoms with E-state index in [-0.39, 0.29) is 5.69 Å². The zero-order chi connectivity index (χ0) is 20.0. The van der Waals surface area contributed by atoms with Crippen LogP contribution in [-0.2, 0) is 14.3 Å². The van der Waals surface area contributed by atoms with Crippen molar-refractivity contribution in [2.45, 2.75) is 13.0 Å². The van der Waals surface area contributed by atoms with Crippen LogP contribution in [0.5, 0.6) is 5.75 Å². The topological polar surface area (TPSA) is 108 Å². The van der Waals surface area contributed by atoms with Gasteiger partial charge >= 0.3 is 5.97 Å². The lowest BCUT2D eigenvalue weighted by Crippen LogP contribution is -2.31. The van der Waals surface area contributed by atoms with Gasteiger partial charge in [-0.15, -0.1) is 0 Å². The average Bonchev–Trinajstić information content (AvgIpc) is 2.61. The lowest BCUT2D eigenvalue weighted by Gasteiger charge is -2.14. The Morgan fingerprint density at radius 1 is 1.26 bits per heavy atom. The summed E-state index contributed by atoms with van der Waals surface area (Å²) in [5.74, 6) is -0.910. The second kappa shape index (κ2) is 9.33. The quantitative estimate of drug-likeness (QED) is 0.383. The Hall–Kier alpha value is -2.65. The van der Waals surface area contributed by atoms with Crippen molar-refractivity contribution in [1.82, 2.24) is 0 Å². The number of nitrogens with one attached hydrogen (secondary N) is 1. The van der Waals surface area contributed by atoms with Crippen molar-refractivity contribution in [3.63, 3.8) is 0 Å². The summed E-state index contributed by atoms with van der Waals surface area (Å²) >= 11 is 9.07. The van der Waals surface area contributed by atoms with Gasteiger partial charge in [0.2, 0.25) is 0 Å². The molecule has 2 aromatic carbocycles. The minimum absolute atomic E-state index is 0.0991. The number of nitro groups is 1. The van der Waals surface area contributed by atoms with Gasteiger partial charge in [-0.05, 0) is 53.2 Å². The third-order valence-corrected chi connectivity index (χ3v) is 4.12. The first-order valence-electron chi connectivity index (χ1n) is 7.59. The molecule has 27 heavy (non-hydrogen) atoms. The van der Waals surface area contributed by atoms with Crippen LogP contribution >= 0.6 is 27.5 Å². The molecule has 8 nitrogen and oxygen atoms in total. The Bertz CT molecular complexity index is 859. The third kappa shape index (κ3) is 6.22. The monoisotopic (exact) mass is 456 g/mol. The van der Waals surface area contributed by atoms with Gasteiger partial charge in [0.1, 0.15) is 5.75 Å². The van der Waals surface area contributed by atoms with Gasteiger partial charge in [0.05, 0.1) is 9.40 Å². The van der Waals surface area contributed by atoms with Crippen LogP contribution in [0.4, 0.5) is 11.4 Å². The molecule has 1 unspecified atom stereocenters. The number of nitrogens with zero attached hydrogens (tertiary/aromatic N) is 1. The fraction of sp³-hybridized carbons (Fsp3) is 0.176. The van der Waals surface area contributed by atoms with Crippen molar-refractivity contribution in [3.8, 4) is 5.75 Å². The number of carbonyl (C=O) groups is 2. The molecule has 0 aromatic heterocycles. The van der Waals surface area contributed by atoms with Crippen LogP contribution in [0.3, 0.4) is 0 Å². The second-order valence-electron chi connectivity index (χ2n) is 5.29. The summed E-state index contributed by atoms with van der Waals surface area (Å²) in [6.07, 6.45) is -1.08. The maximum atomic E-state index is 12.0. The van der Waals surface area contributed by atoms with Crippen LogP contribution in [0.1, 0.15) is 6.92 Å². The van der Waals surface area contributed by atoms with Gasteiger partial charge in [-0.25, -0.2) is 4.79 Å². The largest absolute Gasteiger partial charge is 0.481 e. The van der Waals surface area contributed by atoms with Gasteiger partial charge in [0, 0.05) is 22.8 Å². The molecule has 0 heterocycles. The average molecular weight is 458 g/mol. The van der Waals surface area contributed by atoms with Crippen molar-refractivity contribution in [1.29, 1.82) is 0 Å². The maximum absolute atomic E-state index is 12.0. The van der Waals surface area contributed by atoms with Crippen LogP contribution in [0.2, 0.25) is 5.02 Å². The summed E-state index contributed by atoms with van der Waals surface area (Å²) in [5, 5.41) is 13.6. The van der Waals surface area contributed by atoms with E-state index in [1.54, 1.807) is 18.2 Å². The molecule has 10 heteroatoms. The van der Waals surface area contributed by atoms with Crippen molar-refractivity contribution in [2.75, 3.05) is 11.9 Å². The summed E-state index contributed by atoms with van der Waals surface area (Å²) < 4.78 is 10.9. The van der Waals surface area contributed by atoms with Crippen LogP contribution < -0.4 is 10.1 Å². The first kappa shape index (κ1) is 20.7. The van der Waals surface area contributed by atoms with E-state index in [0.717, 1.165) is 0 Å². The fourth-order valence-corrected chi connectivity index (χ4v) is 2.72. The molecular weight excluding hydrogens is 444 g/mol. The van der Waals surface area contributed by atoms with E-state index in [4.69, 9.17) is 21.1 Å². The molecular formula is C17H14BrClN2O6. The molecule has 0 aliphatic carbocycles. The van der Waals surface area contributed by atoms with E-state index in [1.807, 2.05) is 0 Å². The summed E-state index contributed by atoms with van der Waals surface area (Å²) in [7, 11) is 0.